The maximum Gasteiger partial charge on any atom is 0.266 e. The van der Waals surface area contributed by atoms with Crippen molar-refractivity contribution in [3.63, 3.8) is 0 Å². The Bertz CT molecular complexity index is 808. The van der Waals surface area contributed by atoms with Gasteiger partial charge < -0.3 is 19.4 Å². The molecule has 0 N–H and O–H groups in total. The molecule has 0 atom stereocenters. The molecular weight excluding hydrogens is 360 g/mol. The molecule has 2 aromatic rings. The predicted molar refractivity (Wildman–Crippen MR) is 109 cm³/mol. The lowest BCUT2D eigenvalue weighted by Crippen LogP contribution is -2.48. The highest BCUT2D eigenvalue weighted by Gasteiger charge is 2.27. The molecule has 144 valence electrons. The van der Waals surface area contributed by atoms with Crippen LogP contribution in [0.4, 0.5) is 10.8 Å². The number of rotatable bonds is 3. The Morgan fingerprint density at radius 2 is 1.78 bits per heavy atom. The van der Waals surface area contributed by atoms with Gasteiger partial charge in [0.1, 0.15) is 4.88 Å². The van der Waals surface area contributed by atoms with Gasteiger partial charge in [0, 0.05) is 45.0 Å². The molecule has 0 unspecified atom stereocenters. The minimum absolute atomic E-state index is 0.119. The Kier molecular flexibility index (Phi) is 5.31. The Morgan fingerprint density at radius 3 is 2.48 bits per heavy atom. The molecular formula is C20H26N4O2S. The SMILES string of the molecule is Cc1cccc(N2CCN(C(=O)c3sc(N4CCOCC4)nc3C)CC2)c1. The van der Waals surface area contributed by atoms with E-state index in [0.717, 1.165) is 68.2 Å². The monoisotopic (exact) mass is 386 g/mol. The number of nitrogens with zero attached hydrogens (tertiary/aromatic N) is 4. The largest absolute Gasteiger partial charge is 0.378 e. The van der Waals surface area contributed by atoms with Gasteiger partial charge in [-0.15, -0.1) is 0 Å². The van der Waals surface area contributed by atoms with Crippen molar-refractivity contribution in [1.29, 1.82) is 0 Å². The normalized spacial score (nSPS) is 18.1. The topological polar surface area (TPSA) is 48.9 Å². The number of aryl methyl sites for hydroxylation is 2. The molecule has 0 saturated carbocycles. The van der Waals surface area contributed by atoms with Gasteiger partial charge in [-0.2, -0.15) is 0 Å². The van der Waals surface area contributed by atoms with Gasteiger partial charge in [0.05, 0.1) is 18.9 Å². The Labute approximate surface area is 164 Å². The van der Waals surface area contributed by atoms with Crippen molar-refractivity contribution in [3.05, 3.63) is 40.4 Å². The van der Waals surface area contributed by atoms with Crippen LogP contribution in [0.3, 0.4) is 0 Å². The van der Waals surface area contributed by atoms with Gasteiger partial charge in [-0.1, -0.05) is 23.5 Å². The van der Waals surface area contributed by atoms with E-state index in [0.29, 0.717) is 0 Å². The van der Waals surface area contributed by atoms with E-state index in [1.54, 1.807) is 0 Å². The molecule has 1 aromatic carbocycles. The van der Waals surface area contributed by atoms with Crippen LogP contribution in [0.15, 0.2) is 24.3 Å². The van der Waals surface area contributed by atoms with Crippen molar-refractivity contribution in [1.82, 2.24) is 9.88 Å². The van der Waals surface area contributed by atoms with Crippen molar-refractivity contribution in [2.24, 2.45) is 0 Å². The number of morpholine rings is 1. The van der Waals surface area contributed by atoms with E-state index >= 15 is 0 Å². The Hall–Kier alpha value is -2.12. The first kappa shape index (κ1) is 18.3. The summed E-state index contributed by atoms with van der Waals surface area (Å²) in [7, 11) is 0. The lowest BCUT2D eigenvalue weighted by atomic mass is 10.2. The first-order valence-corrected chi connectivity index (χ1v) is 10.3. The molecule has 7 heteroatoms. The zero-order chi connectivity index (χ0) is 18.8. The number of piperazine rings is 1. The second kappa shape index (κ2) is 7.86. The van der Waals surface area contributed by atoms with Gasteiger partial charge in [0.25, 0.3) is 5.91 Å². The van der Waals surface area contributed by atoms with Crippen molar-refractivity contribution in [2.45, 2.75) is 13.8 Å². The molecule has 4 rings (SSSR count). The first-order chi connectivity index (χ1) is 13.1. The van der Waals surface area contributed by atoms with Crippen LogP contribution in [0.25, 0.3) is 0 Å². The molecule has 27 heavy (non-hydrogen) atoms. The van der Waals surface area contributed by atoms with Crippen molar-refractivity contribution >= 4 is 28.1 Å². The molecule has 1 aromatic heterocycles. The Morgan fingerprint density at radius 1 is 1.04 bits per heavy atom. The third kappa shape index (κ3) is 3.94. The van der Waals surface area contributed by atoms with Gasteiger partial charge in [0.15, 0.2) is 5.13 Å². The lowest BCUT2D eigenvalue weighted by molar-refractivity contribution is 0.0750. The Balaban J connectivity index is 1.41. The summed E-state index contributed by atoms with van der Waals surface area (Å²) in [5.41, 5.74) is 3.35. The van der Waals surface area contributed by atoms with Crippen molar-refractivity contribution in [2.75, 3.05) is 62.3 Å². The minimum atomic E-state index is 0.119. The summed E-state index contributed by atoms with van der Waals surface area (Å²) in [6.07, 6.45) is 0. The van der Waals surface area contributed by atoms with Crippen LogP contribution in [0, 0.1) is 13.8 Å². The fourth-order valence-corrected chi connectivity index (χ4v) is 4.69. The maximum absolute atomic E-state index is 13.0. The average molecular weight is 387 g/mol. The molecule has 2 aliphatic rings. The predicted octanol–water partition coefficient (Wildman–Crippen LogP) is 2.56. The summed E-state index contributed by atoms with van der Waals surface area (Å²) in [5.74, 6) is 0.119. The van der Waals surface area contributed by atoms with Crippen LogP contribution < -0.4 is 9.80 Å². The minimum Gasteiger partial charge on any atom is -0.378 e. The zero-order valence-corrected chi connectivity index (χ0v) is 16.8. The summed E-state index contributed by atoms with van der Waals surface area (Å²) < 4.78 is 5.41. The molecule has 6 nitrogen and oxygen atoms in total. The number of carbonyl (C=O) groups excluding carboxylic acids is 1. The van der Waals surface area contributed by atoms with Gasteiger partial charge in [-0.25, -0.2) is 4.98 Å². The summed E-state index contributed by atoms with van der Waals surface area (Å²) >= 11 is 1.52. The average Bonchev–Trinajstić information content (AvgIpc) is 3.10. The molecule has 1 amide bonds. The smallest absolute Gasteiger partial charge is 0.266 e. The molecule has 0 spiro atoms. The van der Waals surface area contributed by atoms with E-state index in [-0.39, 0.29) is 5.91 Å². The maximum atomic E-state index is 13.0. The number of aromatic nitrogens is 1. The van der Waals surface area contributed by atoms with Crippen molar-refractivity contribution in [3.8, 4) is 0 Å². The van der Waals surface area contributed by atoms with Crippen LogP contribution in [0.1, 0.15) is 20.9 Å². The molecule has 0 bridgehead atoms. The van der Waals surface area contributed by atoms with Crippen LogP contribution in [-0.2, 0) is 4.74 Å². The molecule has 3 heterocycles. The van der Waals surface area contributed by atoms with E-state index < -0.39 is 0 Å². The summed E-state index contributed by atoms with van der Waals surface area (Å²) in [4.78, 5) is 25.0. The second-order valence-corrected chi connectivity index (χ2v) is 8.11. The highest BCUT2D eigenvalue weighted by atomic mass is 32.1. The van der Waals surface area contributed by atoms with Gasteiger partial charge in [-0.3, -0.25) is 4.79 Å². The summed E-state index contributed by atoms with van der Waals surface area (Å²) in [6.45, 7) is 10.4. The number of amides is 1. The van der Waals surface area contributed by atoms with Gasteiger partial charge >= 0.3 is 0 Å². The highest BCUT2D eigenvalue weighted by molar-refractivity contribution is 7.17. The fraction of sp³-hybridized carbons (Fsp3) is 0.500. The second-order valence-electron chi connectivity index (χ2n) is 7.13. The summed E-state index contributed by atoms with van der Waals surface area (Å²) in [6, 6.07) is 8.56. The number of anilines is 2. The number of carbonyl (C=O) groups is 1. The highest BCUT2D eigenvalue weighted by Crippen LogP contribution is 2.28. The van der Waals surface area contributed by atoms with Crippen LogP contribution in [-0.4, -0.2) is 68.3 Å². The molecule has 2 saturated heterocycles. The van der Waals surface area contributed by atoms with E-state index in [2.05, 4.69) is 46.0 Å². The molecule has 0 aliphatic carbocycles. The van der Waals surface area contributed by atoms with Crippen LogP contribution >= 0.6 is 11.3 Å². The number of thiazole rings is 1. The number of ether oxygens (including phenoxy) is 1. The summed E-state index contributed by atoms with van der Waals surface area (Å²) in [5, 5.41) is 0.942. The van der Waals surface area contributed by atoms with E-state index in [9.17, 15) is 4.79 Å². The van der Waals surface area contributed by atoms with Gasteiger partial charge in [-0.05, 0) is 31.5 Å². The molecule has 2 fully saturated rings. The zero-order valence-electron chi connectivity index (χ0n) is 16.0. The molecule has 2 aliphatic heterocycles. The van der Waals surface area contributed by atoms with Crippen molar-refractivity contribution < 1.29 is 9.53 Å². The van der Waals surface area contributed by atoms with E-state index in [1.807, 2.05) is 11.8 Å². The standard InChI is InChI=1S/C20H26N4O2S/c1-15-4-3-5-17(14-15)22-6-8-23(9-7-22)19(25)18-16(2)21-20(27-18)24-10-12-26-13-11-24/h3-5,14H,6-13H2,1-2H3. The van der Waals surface area contributed by atoms with Gasteiger partial charge in [0.2, 0.25) is 0 Å². The number of benzene rings is 1. The van der Waals surface area contributed by atoms with Crippen LogP contribution in [0.5, 0.6) is 0 Å². The van der Waals surface area contributed by atoms with E-state index in [1.165, 1.54) is 22.6 Å². The first-order valence-electron chi connectivity index (χ1n) is 9.53. The number of hydrogen-bond donors (Lipinski definition) is 0. The number of hydrogen-bond acceptors (Lipinski definition) is 6. The van der Waals surface area contributed by atoms with Crippen LogP contribution in [0.2, 0.25) is 0 Å². The lowest BCUT2D eigenvalue weighted by Gasteiger charge is -2.36. The van der Waals surface area contributed by atoms with E-state index in [4.69, 9.17) is 4.74 Å². The third-order valence-corrected chi connectivity index (χ3v) is 6.40. The third-order valence-electron chi connectivity index (χ3n) is 5.19. The molecule has 0 radical (unpaired) electrons. The fourth-order valence-electron chi connectivity index (χ4n) is 3.61. The quantitative estimate of drug-likeness (QED) is 0.811.